The highest BCUT2D eigenvalue weighted by Gasteiger charge is 2.30. The number of aryl methyl sites for hydroxylation is 2. The molecule has 0 amide bonds. The highest BCUT2D eigenvalue weighted by atomic mass is 16.5. The van der Waals surface area contributed by atoms with E-state index in [9.17, 15) is 9.59 Å². The van der Waals surface area contributed by atoms with E-state index in [0.717, 1.165) is 39.2 Å². The number of esters is 1. The lowest BCUT2D eigenvalue weighted by atomic mass is 9.93. The number of hydrogen-bond donors (Lipinski definition) is 1. The molecule has 0 fully saturated rings. The van der Waals surface area contributed by atoms with Crippen molar-refractivity contribution in [3.05, 3.63) is 107 Å². The van der Waals surface area contributed by atoms with Gasteiger partial charge in [-0.2, -0.15) is 5.10 Å². The van der Waals surface area contributed by atoms with Crippen molar-refractivity contribution in [2.24, 2.45) is 5.92 Å². The van der Waals surface area contributed by atoms with Gasteiger partial charge in [0, 0.05) is 35.0 Å². The molecule has 3 aromatic carbocycles. The van der Waals surface area contributed by atoms with Gasteiger partial charge in [-0.1, -0.05) is 66.2 Å². The van der Waals surface area contributed by atoms with E-state index in [2.05, 4.69) is 54.5 Å². The first-order chi connectivity index (χ1) is 20.3. The van der Waals surface area contributed by atoms with Crippen LogP contribution in [-0.2, 0) is 33.9 Å². The van der Waals surface area contributed by atoms with Crippen LogP contribution in [0, 0.1) is 19.8 Å². The molecule has 1 aliphatic rings. The number of hydrogen-bond acceptors (Lipinski definition) is 7. The Hall–Kier alpha value is -4.85. The summed E-state index contributed by atoms with van der Waals surface area (Å²) in [6.07, 6.45) is 0.279. The van der Waals surface area contributed by atoms with Crippen LogP contribution in [0.3, 0.4) is 0 Å². The summed E-state index contributed by atoms with van der Waals surface area (Å²) in [7, 11) is 0. The van der Waals surface area contributed by atoms with Crippen LogP contribution < -0.4 is 5.32 Å². The van der Waals surface area contributed by atoms with Crippen molar-refractivity contribution < 1.29 is 14.3 Å². The lowest BCUT2D eigenvalue weighted by Gasteiger charge is -2.21. The van der Waals surface area contributed by atoms with Gasteiger partial charge >= 0.3 is 5.97 Å². The number of nitrogens with one attached hydrogen (secondary N) is 1. The third-order valence-corrected chi connectivity index (χ3v) is 7.72. The molecule has 1 N–H and O–H groups in total. The average molecular weight is 560 g/mol. The summed E-state index contributed by atoms with van der Waals surface area (Å²) in [5.74, 6) is 0.655. The number of Topliss-reactive ketones (excluding diaryl/α,β-unsaturated/α-hetero) is 1. The van der Waals surface area contributed by atoms with E-state index in [-0.39, 0.29) is 37.2 Å². The van der Waals surface area contributed by atoms with Gasteiger partial charge in [0.1, 0.15) is 24.0 Å². The molecule has 0 aliphatic carbocycles. The first-order valence-corrected chi connectivity index (χ1v) is 14.2. The third-order valence-electron chi connectivity index (χ3n) is 7.72. The smallest absolute Gasteiger partial charge is 0.306 e. The minimum absolute atomic E-state index is 0.0321. The van der Waals surface area contributed by atoms with E-state index < -0.39 is 5.92 Å². The first kappa shape index (κ1) is 27.3. The second kappa shape index (κ2) is 11.6. The summed E-state index contributed by atoms with van der Waals surface area (Å²) in [6, 6.07) is 26.0. The molecule has 0 spiro atoms. The van der Waals surface area contributed by atoms with Crippen LogP contribution in [0.1, 0.15) is 47.6 Å². The van der Waals surface area contributed by atoms with Crippen molar-refractivity contribution >= 4 is 28.5 Å². The van der Waals surface area contributed by atoms with Crippen LogP contribution in [0.4, 0.5) is 5.82 Å². The summed E-state index contributed by atoms with van der Waals surface area (Å²) in [5, 5.41) is 9.31. The standard InChI is InChI=1S/C34H33N5O3/c1-21-8-7-11-25(14-21)22(2)35-34-29-15-26(12-13-30(29)36-23(3)37-34)31-17-28-18-32(40)27(19-39(28)38-31)16-33(41)42-20-24-9-5-4-6-10-24/h4-15,17,22,27H,16,18-20H2,1-3H3,(H,35,36,37)/t22-,27?/m1/s1. The Morgan fingerprint density at radius 1 is 1.02 bits per heavy atom. The molecule has 3 heterocycles. The molecule has 0 saturated carbocycles. The lowest BCUT2D eigenvalue weighted by molar-refractivity contribution is -0.148. The number of rotatable bonds is 8. The zero-order valence-electron chi connectivity index (χ0n) is 24.0. The van der Waals surface area contributed by atoms with Crippen molar-refractivity contribution in [1.82, 2.24) is 19.7 Å². The Labute approximate surface area is 244 Å². The molecule has 8 nitrogen and oxygen atoms in total. The molecule has 0 radical (unpaired) electrons. The highest BCUT2D eigenvalue weighted by molar-refractivity contribution is 5.93. The quantitative estimate of drug-likeness (QED) is 0.227. The van der Waals surface area contributed by atoms with Gasteiger partial charge in [0.05, 0.1) is 24.2 Å². The summed E-state index contributed by atoms with van der Waals surface area (Å²) in [5.41, 5.74) is 6.67. The Kier molecular flexibility index (Phi) is 7.52. The van der Waals surface area contributed by atoms with Crippen molar-refractivity contribution in [1.29, 1.82) is 0 Å². The van der Waals surface area contributed by atoms with Gasteiger partial charge in [-0.15, -0.1) is 0 Å². The second-order valence-corrected chi connectivity index (χ2v) is 11.0. The van der Waals surface area contributed by atoms with Gasteiger partial charge in [-0.05, 0) is 50.1 Å². The number of ketones is 1. The van der Waals surface area contributed by atoms with Crippen LogP contribution >= 0.6 is 0 Å². The van der Waals surface area contributed by atoms with Crippen LogP contribution in [0.15, 0.2) is 78.9 Å². The number of carbonyl (C=O) groups is 2. The fraction of sp³-hybridized carbons (Fsp3) is 0.265. The molecule has 1 unspecified atom stereocenters. The molecule has 212 valence electrons. The molecule has 0 saturated heterocycles. The van der Waals surface area contributed by atoms with E-state index in [1.54, 1.807) is 0 Å². The zero-order valence-corrected chi connectivity index (χ0v) is 24.0. The van der Waals surface area contributed by atoms with Gasteiger partial charge < -0.3 is 10.1 Å². The van der Waals surface area contributed by atoms with Gasteiger partial charge in [0.2, 0.25) is 0 Å². The van der Waals surface area contributed by atoms with E-state index in [1.165, 1.54) is 11.1 Å². The van der Waals surface area contributed by atoms with Crippen molar-refractivity contribution in [2.45, 2.75) is 52.8 Å². The largest absolute Gasteiger partial charge is 0.461 e. The van der Waals surface area contributed by atoms with Crippen molar-refractivity contribution in [2.75, 3.05) is 5.32 Å². The fourth-order valence-electron chi connectivity index (χ4n) is 5.45. The topological polar surface area (TPSA) is 99.0 Å². The summed E-state index contributed by atoms with van der Waals surface area (Å²) in [6.45, 7) is 6.65. The van der Waals surface area contributed by atoms with Crippen LogP contribution in [0.2, 0.25) is 0 Å². The molecular weight excluding hydrogens is 526 g/mol. The van der Waals surface area contributed by atoms with Gasteiger partial charge in [0.25, 0.3) is 0 Å². The Morgan fingerprint density at radius 2 is 1.86 bits per heavy atom. The summed E-state index contributed by atoms with van der Waals surface area (Å²) in [4.78, 5) is 34.8. The molecule has 0 bridgehead atoms. The monoisotopic (exact) mass is 559 g/mol. The van der Waals surface area contributed by atoms with E-state index in [0.29, 0.717) is 12.4 Å². The number of benzene rings is 3. The van der Waals surface area contributed by atoms with Crippen LogP contribution in [0.5, 0.6) is 0 Å². The summed E-state index contributed by atoms with van der Waals surface area (Å²) < 4.78 is 7.27. The predicted octanol–water partition coefficient (Wildman–Crippen LogP) is 6.16. The number of nitrogens with zero attached hydrogens (tertiary/aromatic N) is 4. The number of ether oxygens (including phenoxy) is 1. The van der Waals surface area contributed by atoms with Gasteiger partial charge in [-0.25, -0.2) is 9.97 Å². The maximum Gasteiger partial charge on any atom is 0.306 e. The third kappa shape index (κ3) is 5.93. The zero-order chi connectivity index (χ0) is 29.2. The molecule has 1 aliphatic heterocycles. The number of anilines is 1. The van der Waals surface area contributed by atoms with Crippen molar-refractivity contribution in [3.63, 3.8) is 0 Å². The molecule has 5 aromatic rings. The minimum atomic E-state index is -0.458. The SMILES string of the molecule is Cc1cccc([C@@H](C)Nc2nc(C)nc3ccc(-c4cc5n(n4)CC(CC(=O)OCc4ccccc4)C(=O)C5)cc23)c1. The summed E-state index contributed by atoms with van der Waals surface area (Å²) >= 11 is 0. The Morgan fingerprint density at radius 3 is 2.67 bits per heavy atom. The maximum absolute atomic E-state index is 12.9. The lowest BCUT2D eigenvalue weighted by Crippen LogP contribution is -2.32. The molecule has 2 atom stereocenters. The normalized spacial score (nSPS) is 15.3. The number of carbonyl (C=O) groups excluding carboxylic acids is 2. The van der Waals surface area contributed by atoms with E-state index >= 15 is 0 Å². The Bertz CT molecular complexity index is 1780. The molecule has 6 rings (SSSR count). The number of fused-ring (bicyclic) bond motifs is 2. The van der Waals surface area contributed by atoms with Gasteiger partial charge in [-0.3, -0.25) is 14.3 Å². The molecule has 2 aromatic heterocycles. The molecular formula is C34H33N5O3. The van der Waals surface area contributed by atoms with Crippen molar-refractivity contribution in [3.8, 4) is 11.3 Å². The average Bonchev–Trinajstić information content (AvgIpc) is 3.39. The van der Waals surface area contributed by atoms with E-state index in [1.807, 2.05) is 60.1 Å². The molecule has 42 heavy (non-hydrogen) atoms. The maximum atomic E-state index is 12.9. The molecule has 8 heteroatoms. The second-order valence-electron chi connectivity index (χ2n) is 11.0. The first-order valence-electron chi connectivity index (χ1n) is 14.2. The van der Waals surface area contributed by atoms with Crippen LogP contribution in [-0.4, -0.2) is 31.5 Å². The minimum Gasteiger partial charge on any atom is -0.461 e. The van der Waals surface area contributed by atoms with Crippen LogP contribution in [0.25, 0.3) is 22.2 Å². The predicted molar refractivity (Wildman–Crippen MR) is 162 cm³/mol. The highest BCUT2D eigenvalue weighted by Crippen LogP contribution is 2.31. The fourth-order valence-corrected chi connectivity index (χ4v) is 5.45. The van der Waals surface area contributed by atoms with Gasteiger partial charge in [0.15, 0.2) is 0 Å². The Balaban J connectivity index is 1.21. The van der Waals surface area contributed by atoms with E-state index in [4.69, 9.17) is 14.8 Å². The number of aromatic nitrogens is 4.